The van der Waals surface area contributed by atoms with Crippen LogP contribution in [-0.4, -0.2) is 22.8 Å². The van der Waals surface area contributed by atoms with Crippen molar-refractivity contribution < 1.29 is 9.59 Å². The van der Waals surface area contributed by atoms with Crippen molar-refractivity contribution in [2.24, 2.45) is 5.92 Å². The van der Waals surface area contributed by atoms with Gasteiger partial charge in [-0.05, 0) is 31.4 Å². The van der Waals surface area contributed by atoms with Gasteiger partial charge in [-0.3, -0.25) is 14.4 Å². The smallest absolute Gasteiger partial charge is 0.253 e. The molecular formula is C15H23N3O3. The van der Waals surface area contributed by atoms with Gasteiger partial charge >= 0.3 is 0 Å². The third-order valence-electron chi connectivity index (χ3n) is 3.24. The Morgan fingerprint density at radius 3 is 2.38 bits per heavy atom. The molecular weight excluding hydrogens is 270 g/mol. The molecule has 21 heavy (non-hydrogen) atoms. The molecule has 3 N–H and O–H groups in total. The highest BCUT2D eigenvalue weighted by atomic mass is 16.2. The van der Waals surface area contributed by atoms with Crippen LogP contribution < -0.4 is 16.2 Å². The Balaban J connectivity index is 2.80. The van der Waals surface area contributed by atoms with Gasteiger partial charge in [-0.15, -0.1) is 0 Å². The van der Waals surface area contributed by atoms with Gasteiger partial charge in [-0.2, -0.15) is 0 Å². The molecule has 1 aromatic heterocycles. The van der Waals surface area contributed by atoms with Crippen molar-refractivity contribution in [2.45, 2.75) is 47.2 Å². The molecule has 0 aliphatic rings. The summed E-state index contributed by atoms with van der Waals surface area (Å²) in [5.41, 5.74) is 1.94. The first-order valence-corrected chi connectivity index (χ1v) is 6.96. The van der Waals surface area contributed by atoms with E-state index in [9.17, 15) is 14.4 Å². The van der Waals surface area contributed by atoms with Crippen LogP contribution in [0.2, 0.25) is 0 Å². The molecule has 1 aromatic rings. The minimum atomic E-state index is -0.604. The minimum absolute atomic E-state index is 0.0358. The van der Waals surface area contributed by atoms with Gasteiger partial charge in [0, 0.05) is 24.7 Å². The molecule has 6 nitrogen and oxygen atoms in total. The lowest BCUT2D eigenvalue weighted by molar-refractivity contribution is -0.129. The normalized spacial score (nSPS) is 12.1. The van der Waals surface area contributed by atoms with Crippen LogP contribution in [0.15, 0.2) is 10.9 Å². The van der Waals surface area contributed by atoms with Crippen LogP contribution in [-0.2, 0) is 16.1 Å². The zero-order valence-electron chi connectivity index (χ0n) is 13.2. The van der Waals surface area contributed by atoms with E-state index in [1.54, 1.807) is 0 Å². The molecule has 0 aliphatic heterocycles. The molecule has 0 radical (unpaired) electrons. The Kier molecular flexibility index (Phi) is 5.69. The van der Waals surface area contributed by atoms with E-state index in [-0.39, 0.29) is 29.8 Å². The average molecular weight is 293 g/mol. The third-order valence-corrected chi connectivity index (χ3v) is 3.24. The lowest BCUT2D eigenvalue weighted by atomic mass is 10.0. The van der Waals surface area contributed by atoms with Crippen LogP contribution in [0.4, 0.5) is 0 Å². The van der Waals surface area contributed by atoms with Crippen LogP contribution in [0.1, 0.15) is 37.6 Å². The summed E-state index contributed by atoms with van der Waals surface area (Å²) in [7, 11) is 0. The predicted octanol–water partition coefficient (Wildman–Crippen LogP) is 0.769. The molecule has 116 valence electrons. The van der Waals surface area contributed by atoms with Crippen molar-refractivity contribution >= 4 is 11.8 Å². The van der Waals surface area contributed by atoms with Crippen molar-refractivity contribution in [3.8, 4) is 0 Å². The number of aromatic amines is 1. The lowest BCUT2D eigenvalue weighted by Gasteiger charge is -2.21. The fourth-order valence-corrected chi connectivity index (χ4v) is 2.14. The topological polar surface area (TPSA) is 91.1 Å². The molecule has 0 saturated heterocycles. The molecule has 0 saturated carbocycles. The Hall–Kier alpha value is -2.11. The number of aromatic nitrogens is 1. The molecule has 2 amide bonds. The van der Waals surface area contributed by atoms with E-state index in [0.717, 1.165) is 11.3 Å². The van der Waals surface area contributed by atoms with E-state index >= 15 is 0 Å². The zero-order chi connectivity index (χ0) is 16.2. The highest BCUT2D eigenvalue weighted by Gasteiger charge is 2.23. The largest absolute Gasteiger partial charge is 0.350 e. The first-order chi connectivity index (χ1) is 9.72. The second-order valence-electron chi connectivity index (χ2n) is 5.58. The van der Waals surface area contributed by atoms with Gasteiger partial charge in [0.05, 0.1) is 0 Å². The number of H-pyrrole nitrogens is 1. The maximum atomic E-state index is 12.1. The number of pyridine rings is 1. The fraction of sp³-hybridized carbons (Fsp3) is 0.533. The monoisotopic (exact) mass is 293 g/mol. The Morgan fingerprint density at radius 2 is 1.90 bits per heavy atom. The lowest BCUT2D eigenvalue weighted by Crippen LogP contribution is -2.49. The highest BCUT2D eigenvalue weighted by Crippen LogP contribution is 2.05. The van der Waals surface area contributed by atoms with Crippen LogP contribution in [0.25, 0.3) is 0 Å². The molecule has 1 heterocycles. The van der Waals surface area contributed by atoms with Crippen LogP contribution in [0, 0.1) is 19.8 Å². The van der Waals surface area contributed by atoms with Gasteiger partial charge in [0.15, 0.2) is 0 Å². The third kappa shape index (κ3) is 4.73. The Labute approximate surface area is 124 Å². The first kappa shape index (κ1) is 16.9. The van der Waals surface area contributed by atoms with Gasteiger partial charge in [0.1, 0.15) is 6.04 Å². The molecule has 0 fully saturated rings. The molecule has 6 heteroatoms. The number of aryl methyl sites for hydroxylation is 2. The Morgan fingerprint density at radius 1 is 1.29 bits per heavy atom. The van der Waals surface area contributed by atoms with Gasteiger partial charge in [-0.25, -0.2) is 0 Å². The average Bonchev–Trinajstić information content (AvgIpc) is 2.33. The summed E-state index contributed by atoms with van der Waals surface area (Å²) in [5.74, 6) is -0.584. The number of rotatable bonds is 5. The SMILES string of the molecule is CC(=O)NC(C(=O)NCc1c(C)cc(C)[nH]c1=O)C(C)C. The van der Waals surface area contributed by atoms with Crippen LogP contribution in [0.3, 0.4) is 0 Å². The molecule has 0 spiro atoms. The zero-order valence-corrected chi connectivity index (χ0v) is 13.2. The van der Waals surface area contributed by atoms with Crippen molar-refractivity contribution in [3.63, 3.8) is 0 Å². The summed E-state index contributed by atoms with van der Waals surface area (Å²) in [6, 6.07) is 1.25. The van der Waals surface area contributed by atoms with E-state index < -0.39 is 6.04 Å². The van der Waals surface area contributed by atoms with Crippen LogP contribution >= 0.6 is 0 Å². The van der Waals surface area contributed by atoms with Crippen molar-refractivity contribution in [1.29, 1.82) is 0 Å². The van der Waals surface area contributed by atoms with Gasteiger partial charge in [0.25, 0.3) is 5.56 Å². The summed E-state index contributed by atoms with van der Waals surface area (Å²) in [4.78, 5) is 37.9. The number of hydrogen-bond donors (Lipinski definition) is 3. The second-order valence-corrected chi connectivity index (χ2v) is 5.58. The maximum Gasteiger partial charge on any atom is 0.253 e. The summed E-state index contributed by atoms with van der Waals surface area (Å²) in [6.45, 7) is 8.86. The minimum Gasteiger partial charge on any atom is -0.350 e. The number of carbonyl (C=O) groups excluding carboxylic acids is 2. The summed E-state index contributed by atoms with van der Waals surface area (Å²) in [5, 5.41) is 5.33. The standard InChI is InChI=1S/C15H23N3O3/c1-8(2)13(18-11(5)19)15(21)16-7-12-9(3)6-10(4)17-14(12)20/h6,8,13H,7H2,1-5H3,(H,16,21)(H,17,20)(H,18,19). The number of hydrogen-bond acceptors (Lipinski definition) is 3. The van der Waals surface area contributed by atoms with Gasteiger partial charge in [0.2, 0.25) is 11.8 Å². The number of carbonyl (C=O) groups is 2. The molecule has 1 rings (SSSR count). The van der Waals surface area contributed by atoms with Gasteiger partial charge < -0.3 is 15.6 Å². The number of amides is 2. The van der Waals surface area contributed by atoms with Crippen molar-refractivity contribution in [3.05, 3.63) is 33.2 Å². The maximum absolute atomic E-state index is 12.1. The van der Waals surface area contributed by atoms with E-state index in [1.807, 2.05) is 33.8 Å². The molecule has 1 atom stereocenters. The quantitative estimate of drug-likeness (QED) is 0.749. The summed E-state index contributed by atoms with van der Waals surface area (Å²) >= 11 is 0. The first-order valence-electron chi connectivity index (χ1n) is 6.96. The van der Waals surface area contributed by atoms with E-state index in [1.165, 1.54) is 6.92 Å². The van der Waals surface area contributed by atoms with E-state index in [2.05, 4.69) is 15.6 Å². The van der Waals surface area contributed by atoms with E-state index in [4.69, 9.17) is 0 Å². The van der Waals surface area contributed by atoms with E-state index in [0.29, 0.717) is 5.56 Å². The highest BCUT2D eigenvalue weighted by molar-refractivity contribution is 5.87. The summed E-state index contributed by atoms with van der Waals surface area (Å²) < 4.78 is 0. The molecule has 0 aromatic carbocycles. The fourth-order valence-electron chi connectivity index (χ4n) is 2.14. The summed E-state index contributed by atoms with van der Waals surface area (Å²) in [6.07, 6.45) is 0. The molecule has 0 aliphatic carbocycles. The van der Waals surface area contributed by atoms with Crippen molar-refractivity contribution in [1.82, 2.24) is 15.6 Å². The predicted molar refractivity (Wildman–Crippen MR) is 80.8 cm³/mol. The van der Waals surface area contributed by atoms with Gasteiger partial charge in [-0.1, -0.05) is 13.8 Å². The van der Waals surface area contributed by atoms with Crippen LogP contribution in [0.5, 0.6) is 0 Å². The van der Waals surface area contributed by atoms with Crippen molar-refractivity contribution in [2.75, 3.05) is 0 Å². The Bertz CT molecular complexity index is 590. The molecule has 0 bridgehead atoms. The number of nitrogens with one attached hydrogen (secondary N) is 3. The molecule has 1 unspecified atom stereocenters. The second kappa shape index (κ2) is 7.06.